The van der Waals surface area contributed by atoms with Gasteiger partial charge >= 0.3 is 5.97 Å². The highest BCUT2D eigenvalue weighted by molar-refractivity contribution is 5.92. The number of carbonyl (C=O) groups is 2. The SMILES string of the molecule is CCCCCCOc1ccc(C=O)c(OC(=O)c2ccc(C#N)cc2)c1. The van der Waals surface area contributed by atoms with Gasteiger partial charge < -0.3 is 9.47 Å². The second kappa shape index (κ2) is 10.00. The van der Waals surface area contributed by atoms with E-state index in [1.54, 1.807) is 18.2 Å². The van der Waals surface area contributed by atoms with Crippen LogP contribution in [0.2, 0.25) is 0 Å². The molecule has 5 heteroatoms. The Morgan fingerprint density at radius 1 is 1.12 bits per heavy atom. The van der Waals surface area contributed by atoms with E-state index in [2.05, 4.69) is 6.92 Å². The number of nitrogens with zero attached hydrogens (tertiary/aromatic N) is 1. The van der Waals surface area contributed by atoms with Gasteiger partial charge in [-0.15, -0.1) is 0 Å². The molecule has 0 aromatic heterocycles. The smallest absolute Gasteiger partial charge is 0.343 e. The van der Waals surface area contributed by atoms with E-state index in [4.69, 9.17) is 14.7 Å². The number of esters is 1. The Bertz CT molecular complexity index is 791. The van der Waals surface area contributed by atoms with Crippen LogP contribution in [0.4, 0.5) is 0 Å². The summed E-state index contributed by atoms with van der Waals surface area (Å²) in [5.74, 6) is 0.104. The highest BCUT2D eigenvalue weighted by atomic mass is 16.5. The Kier molecular flexibility index (Phi) is 7.38. The molecule has 2 aromatic rings. The Balaban J connectivity index is 2.06. The van der Waals surface area contributed by atoms with Crippen LogP contribution in [-0.2, 0) is 0 Å². The largest absolute Gasteiger partial charge is 0.493 e. The summed E-state index contributed by atoms with van der Waals surface area (Å²) in [6.45, 7) is 2.72. The van der Waals surface area contributed by atoms with Gasteiger partial charge in [-0.1, -0.05) is 26.2 Å². The second-order valence-electron chi connectivity index (χ2n) is 5.81. The Morgan fingerprint density at radius 2 is 1.88 bits per heavy atom. The summed E-state index contributed by atoms with van der Waals surface area (Å²) in [5.41, 5.74) is 1.02. The molecule has 0 unspecified atom stereocenters. The van der Waals surface area contributed by atoms with E-state index in [1.807, 2.05) is 6.07 Å². The van der Waals surface area contributed by atoms with Crippen LogP contribution in [0.15, 0.2) is 42.5 Å². The van der Waals surface area contributed by atoms with Crippen LogP contribution in [-0.4, -0.2) is 18.9 Å². The van der Waals surface area contributed by atoms with Gasteiger partial charge in [0.05, 0.1) is 29.4 Å². The van der Waals surface area contributed by atoms with E-state index in [1.165, 1.54) is 30.7 Å². The molecule has 0 bridgehead atoms. The lowest BCUT2D eigenvalue weighted by Gasteiger charge is -2.10. The lowest BCUT2D eigenvalue weighted by molar-refractivity contribution is 0.0733. The zero-order chi connectivity index (χ0) is 18.8. The van der Waals surface area contributed by atoms with Gasteiger partial charge in [-0.25, -0.2) is 4.79 Å². The molecule has 0 N–H and O–H groups in total. The van der Waals surface area contributed by atoms with Crippen LogP contribution >= 0.6 is 0 Å². The van der Waals surface area contributed by atoms with Crippen LogP contribution in [0.1, 0.15) is 58.9 Å². The third-order valence-corrected chi connectivity index (χ3v) is 3.83. The van der Waals surface area contributed by atoms with Gasteiger partial charge in [0.25, 0.3) is 0 Å². The third-order valence-electron chi connectivity index (χ3n) is 3.83. The molecule has 0 aliphatic carbocycles. The van der Waals surface area contributed by atoms with Gasteiger partial charge in [0.1, 0.15) is 11.5 Å². The minimum Gasteiger partial charge on any atom is -0.493 e. The monoisotopic (exact) mass is 351 g/mol. The fourth-order valence-electron chi connectivity index (χ4n) is 2.35. The molecule has 2 aromatic carbocycles. The molecule has 0 saturated heterocycles. The van der Waals surface area contributed by atoms with Crippen molar-refractivity contribution in [2.75, 3.05) is 6.61 Å². The average molecular weight is 351 g/mol. The predicted molar refractivity (Wildman–Crippen MR) is 97.6 cm³/mol. The zero-order valence-electron chi connectivity index (χ0n) is 14.7. The summed E-state index contributed by atoms with van der Waals surface area (Å²) >= 11 is 0. The van der Waals surface area contributed by atoms with E-state index in [9.17, 15) is 9.59 Å². The summed E-state index contributed by atoms with van der Waals surface area (Å²) < 4.78 is 11.0. The van der Waals surface area contributed by atoms with Gasteiger partial charge in [0, 0.05) is 6.07 Å². The first-order chi connectivity index (χ1) is 12.7. The Morgan fingerprint density at radius 3 is 2.54 bits per heavy atom. The molecule has 0 aliphatic heterocycles. The van der Waals surface area contributed by atoms with Gasteiger partial charge in [-0.2, -0.15) is 5.26 Å². The fraction of sp³-hybridized carbons (Fsp3) is 0.286. The number of rotatable bonds is 9. The molecule has 5 nitrogen and oxygen atoms in total. The maximum atomic E-state index is 12.3. The standard InChI is InChI=1S/C21H21NO4/c1-2-3-4-5-12-25-19-11-10-18(15-23)20(13-19)26-21(24)17-8-6-16(14-22)7-9-17/h6-11,13,15H,2-5,12H2,1H3. The zero-order valence-corrected chi connectivity index (χ0v) is 14.7. The first-order valence-electron chi connectivity index (χ1n) is 8.62. The Hall–Kier alpha value is -3.13. The minimum absolute atomic E-state index is 0.153. The maximum absolute atomic E-state index is 12.3. The predicted octanol–water partition coefficient (Wildman–Crippen LogP) is 4.55. The lowest BCUT2D eigenvalue weighted by atomic mass is 10.1. The molecule has 0 fully saturated rings. The number of hydrogen-bond acceptors (Lipinski definition) is 5. The molecular formula is C21H21NO4. The molecule has 0 aliphatic rings. The van der Waals surface area contributed by atoms with Crippen molar-refractivity contribution in [3.05, 3.63) is 59.2 Å². The summed E-state index contributed by atoms with van der Waals surface area (Å²) in [6, 6.07) is 12.9. The van der Waals surface area contributed by atoms with Crippen molar-refractivity contribution in [2.45, 2.75) is 32.6 Å². The number of nitriles is 1. The number of unbranched alkanes of at least 4 members (excludes halogenated alkanes) is 3. The first-order valence-corrected chi connectivity index (χ1v) is 8.62. The average Bonchev–Trinajstić information content (AvgIpc) is 2.68. The molecule has 0 radical (unpaired) electrons. The Labute approximate surface area is 153 Å². The summed E-state index contributed by atoms with van der Waals surface area (Å²) in [4.78, 5) is 23.5. The first kappa shape index (κ1) is 19.2. The number of benzene rings is 2. The molecule has 2 rings (SSSR count). The normalized spacial score (nSPS) is 10.0. The van der Waals surface area contributed by atoms with Crippen molar-refractivity contribution in [1.29, 1.82) is 5.26 Å². The van der Waals surface area contributed by atoms with Crippen molar-refractivity contribution in [2.24, 2.45) is 0 Å². The van der Waals surface area contributed by atoms with Gasteiger partial charge in [-0.3, -0.25) is 4.79 Å². The van der Waals surface area contributed by atoms with E-state index >= 15 is 0 Å². The summed E-state index contributed by atoms with van der Waals surface area (Å²) in [7, 11) is 0. The van der Waals surface area contributed by atoms with Crippen molar-refractivity contribution in [1.82, 2.24) is 0 Å². The van der Waals surface area contributed by atoms with Gasteiger partial charge in [-0.05, 0) is 42.8 Å². The molecule has 0 amide bonds. The molecular weight excluding hydrogens is 330 g/mol. The number of carbonyl (C=O) groups excluding carboxylic acids is 2. The van der Waals surface area contributed by atoms with Gasteiger partial charge in [0.15, 0.2) is 6.29 Å². The van der Waals surface area contributed by atoms with Crippen LogP contribution < -0.4 is 9.47 Å². The molecule has 0 atom stereocenters. The molecule has 0 spiro atoms. The quantitative estimate of drug-likeness (QED) is 0.287. The lowest BCUT2D eigenvalue weighted by Crippen LogP contribution is -2.10. The van der Waals surface area contributed by atoms with E-state index in [0.717, 1.165) is 19.3 Å². The van der Waals surface area contributed by atoms with Crippen molar-refractivity contribution in [3.63, 3.8) is 0 Å². The number of hydrogen-bond donors (Lipinski definition) is 0. The van der Waals surface area contributed by atoms with E-state index in [-0.39, 0.29) is 11.3 Å². The molecule has 134 valence electrons. The van der Waals surface area contributed by atoms with E-state index in [0.29, 0.717) is 29.8 Å². The number of aldehydes is 1. The number of ether oxygens (including phenoxy) is 2. The molecule has 0 saturated carbocycles. The highest BCUT2D eigenvalue weighted by Gasteiger charge is 2.13. The summed E-state index contributed by atoms with van der Waals surface area (Å²) in [5, 5.41) is 8.80. The molecule has 26 heavy (non-hydrogen) atoms. The maximum Gasteiger partial charge on any atom is 0.343 e. The fourth-order valence-corrected chi connectivity index (χ4v) is 2.35. The van der Waals surface area contributed by atoms with Crippen LogP contribution in [0.3, 0.4) is 0 Å². The highest BCUT2D eigenvalue weighted by Crippen LogP contribution is 2.25. The summed E-state index contributed by atoms with van der Waals surface area (Å²) in [6.07, 6.45) is 5.00. The van der Waals surface area contributed by atoms with Crippen LogP contribution in [0.25, 0.3) is 0 Å². The second-order valence-corrected chi connectivity index (χ2v) is 5.81. The van der Waals surface area contributed by atoms with Crippen molar-refractivity contribution >= 4 is 12.3 Å². The van der Waals surface area contributed by atoms with Gasteiger partial charge in [0.2, 0.25) is 0 Å². The van der Waals surface area contributed by atoms with Crippen LogP contribution in [0, 0.1) is 11.3 Å². The van der Waals surface area contributed by atoms with Crippen molar-refractivity contribution < 1.29 is 19.1 Å². The van der Waals surface area contributed by atoms with E-state index < -0.39 is 5.97 Å². The minimum atomic E-state index is -0.599. The topological polar surface area (TPSA) is 76.4 Å². The third kappa shape index (κ3) is 5.45. The van der Waals surface area contributed by atoms with Crippen LogP contribution in [0.5, 0.6) is 11.5 Å². The van der Waals surface area contributed by atoms with Crippen molar-refractivity contribution in [3.8, 4) is 17.6 Å². The molecule has 0 heterocycles.